The Morgan fingerprint density at radius 1 is 1.22 bits per heavy atom. The molecule has 2 aromatic carbocycles. The lowest BCUT2D eigenvalue weighted by molar-refractivity contribution is -0.150. The van der Waals surface area contributed by atoms with Crippen LogP contribution < -0.4 is 0 Å². The van der Waals surface area contributed by atoms with Gasteiger partial charge in [-0.05, 0) is 17.0 Å². The third-order valence-corrected chi connectivity index (χ3v) is 2.88. The topological polar surface area (TPSA) is 66.8 Å². The number of ether oxygens (including phenoxy) is 1. The van der Waals surface area contributed by atoms with Crippen LogP contribution in [0.3, 0.4) is 0 Å². The normalized spacial score (nSPS) is 12.3. The van der Waals surface area contributed by atoms with Crippen LogP contribution in [0.2, 0.25) is 0 Å². The van der Waals surface area contributed by atoms with Crippen molar-refractivity contribution >= 4 is 16.7 Å². The van der Waals surface area contributed by atoms with Crippen molar-refractivity contribution in [1.82, 2.24) is 0 Å². The van der Waals surface area contributed by atoms with Crippen LogP contribution in [0.15, 0.2) is 36.4 Å². The van der Waals surface area contributed by atoms with Crippen LogP contribution in [-0.2, 0) is 16.0 Å². The van der Waals surface area contributed by atoms with E-state index < -0.39 is 12.1 Å². The zero-order chi connectivity index (χ0) is 13.1. The third kappa shape index (κ3) is 2.28. The van der Waals surface area contributed by atoms with Crippen molar-refractivity contribution in [3.63, 3.8) is 0 Å². The van der Waals surface area contributed by atoms with Crippen LogP contribution in [0.1, 0.15) is 5.56 Å². The number of hydrogen-bond donors (Lipinski definition) is 2. The summed E-state index contributed by atoms with van der Waals surface area (Å²) in [5.41, 5.74) is 0.793. The van der Waals surface area contributed by atoms with Gasteiger partial charge in [0.15, 0.2) is 6.10 Å². The molecule has 0 radical (unpaired) electrons. The summed E-state index contributed by atoms with van der Waals surface area (Å²) in [6.45, 7) is 0. The van der Waals surface area contributed by atoms with Crippen molar-refractivity contribution < 1.29 is 19.7 Å². The SMILES string of the molecule is COC(=O)C(O)Cc1ccc(O)c2ccccc12. The van der Waals surface area contributed by atoms with E-state index in [9.17, 15) is 15.0 Å². The van der Waals surface area contributed by atoms with Gasteiger partial charge in [0.25, 0.3) is 0 Å². The van der Waals surface area contributed by atoms with Gasteiger partial charge in [-0.2, -0.15) is 0 Å². The van der Waals surface area contributed by atoms with Crippen LogP contribution >= 0.6 is 0 Å². The Bertz CT molecular complexity index is 577. The van der Waals surface area contributed by atoms with E-state index in [-0.39, 0.29) is 12.2 Å². The van der Waals surface area contributed by atoms with Gasteiger partial charge >= 0.3 is 5.97 Å². The number of aliphatic hydroxyl groups is 1. The van der Waals surface area contributed by atoms with Gasteiger partial charge in [0.05, 0.1) is 7.11 Å². The lowest BCUT2D eigenvalue weighted by Gasteiger charge is -2.11. The molecule has 0 amide bonds. The molecular formula is C14H14O4. The molecule has 0 fully saturated rings. The summed E-state index contributed by atoms with van der Waals surface area (Å²) in [6.07, 6.45) is -1.03. The van der Waals surface area contributed by atoms with Gasteiger partial charge in [0, 0.05) is 11.8 Å². The van der Waals surface area contributed by atoms with E-state index in [1.807, 2.05) is 18.2 Å². The molecule has 0 aliphatic carbocycles. The van der Waals surface area contributed by atoms with Gasteiger partial charge in [0.1, 0.15) is 5.75 Å². The summed E-state index contributed by atoms with van der Waals surface area (Å²) in [6, 6.07) is 10.6. The van der Waals surface area contributed by atoms with E-state index in [0.29, 0.717) is 5.39 Å². The molecule has 0 saturated carbocycles. The van der Waals surface area contributed by atoms with E-state index in [0.717, 1.165) is 10.9 Å². The van der Waals surface area contributed by atoms with E-state index in [1.165, 1.54) is 7.11 Å². The van der Waals surface area contributed by atoms with E-state index >= 15 is 0 Å². The summed E-state index contributed by atoms with van der Waals surface area (Å²) in [5.74, 6) is -0.478. The quantitative estimate of drug-likeness (QED) is 0.808. The number of benzene rings is 2. The molecule has 2 rings (SSSR count). The number of phenols is 1. The van der Waals surface area contributed by atoms with Crippen molar-refractivity contribution in [2.75, 3.05) is 7.11 Å². The molecule has 4 heteroatoms. The zero-order valence-corrected chi connectivity index (χ0v) is 9.96. The highest BCUT2D eigenvalue weighted by Gasteiger charge is 2.17. The van der Waals surface area contributed by atoms with Gasteiger partial charge in [0.2, 0.25) is 0 Å². The predicted octanol–water partition coefficient (Wildman–Crippen LogP) is 1.62. The fourth-order valence-electron chi connectivity index (χ4n) is 1.95. The van der Waals surface area contributed by atoms with Crippen LogP contribution in [0.5, 0.6) is 5.75 Å². The Hall–Kier alpha value is -2.07. The van der Waals surface area contributed by atoms with E-state index in [4.69, 9.17) is 0 Å². The first-order chi connectivity index (χ1) is 8.63. The number of fused-ring (bicyclic) bond motifs is 1. The fraction of sp³-hybridized carbons (Fsp3) is 0.214. The average Bonchev–Trinajstić information content (AvgIpc) is 2.41. The lowest BCUT2D eigenvalue weighted by atomic mass is 9.99. The van der Waals surface area contributed by atoms with Crippen LogP contribution in [0.4, 0.5) is 0 Å². The molecule has 0 bridgehead atoms. The monoisotopic (exact) mass is 246 g/mol. The fourth-order valence-corrected chi connectivity index (χ4v) is 1.95. The highest BCUT2D eigenvalue weighted by Crippen LogP contribution is 2.28. The van der Waals surface area contributed by atoms with E-state index in [1.54, 1.807) is 18.2 Å². The molecule has 0 saturated heterocycles. The Labute approximate surface area is 104 Å². The molecule has 0 heterocycles. The summed E-state index contributed by atoms with van der Waals surface area (Å²) >= 11 is 0. The number of methoxy groups -OCH3 is 1. The first-order valence-corrected chi connectivity index (χ1v) is 5.59. The number of carbonyl (C=O) groups is 1. The molecule has 0 aliphatic rings. The van der Waals surface area contributed by atoms with Crippen molar-refractivity contribution in [3.05, 3.63) is 42.0 Å². The average molecular weight is 246 g/mol. The van der Waals surface area contributed by atoms with Gasteiger partial charge in [-0.3, -0.25) is 0 Å². The Morgan fingerprint density at radius 3 is 2.56 bits per heavy atom. The molecule has 2 N–H and O–H groups in total. The molecule has 94 valence electrons. The number of rotatable bonds is 3. The second-order valence-electron chi connectivity index (χ2n) is 4.03. The molecule has 1 unspecified atom stereocenters. The number of aliphatic hydroxyl groups excluding tert-OH is 1. The molecular weight excluding hydrogens is 232 g/mol. The number of phenolic OH excluding ortho intramolecular Hbond substituents is 1. The molecule has 2 aromatic rings. The largest absolute Gasteiger partial charge is 0.507 e. The minimum atomic E-state index is -1.19. The Morgan fingerprint density at radius 2 is 1.89 bits per heavy atom. The van der Waals surface area contributed by atoms with Crippen molar-refractivity contribution in [3.8, 4) is 5.75 Å². The highest BCUT2D eigenvalue weighted by molar-refractivity contribution is 5.91. The first kappa shape index (κ1) is 12.4. The summed E-state index contributed by atoms with van der Waals surface area (Å²) in [7, 11) is 1.24. The standard InChI is InChI=1S/C14H14O4/c1-18-14(17)13(16)8-9-6-7-12(15)11-5-3-2-4-10(9)11/h2-7,13,15-16H,8H2,1H3. The summed E-state index contributed by atoms with van der Waals surface area (Å²) in [4.78, 5) is 11.2. The minimum Gasteiger partial charge on any atom is -0.507 e. The van der Waals surface area contributed by atoms with E-state index in [2.05, 4.69) is 4.74 Å². The third-order valence-electron chi connectivity index (χ3n) is 2.88. The second-order valence-corrected chi connectivity index (χ2v) is 4.03. The zero-order valence-electron chi connectivity index (χ0n) is 9.96. The number of aromatic hydroxyl groups is 1. The lowest BCUT2D eigenvalue weighted by Crippen LogP contribution is -2.24. The maximum atomic E-state index is 11.2. The number of esters is 1. The van der Waals surface area contributed by atoms with Crippen molar-refractivity contribution in [1.29, 1.82) is 0 Å². The molecule has 0 spiro atoms. The first-order valence-electron chi connectivity index (χ1n) is 5.59. The number of carbonyl (C=O) groups excluding carboxylic acids is 1. The molecule has 0 aromatic heterocycles. The molecule has 4 nitrogen and oxygen atoms in total. The summed E-state index contributed by atoms with van der Waals surface area (Å²) < 4.78 is 4.48. The minimum absolute atomic E-state index is 0.160. The maximum Gasteiger partial charge on any atom is 0.335 e. The molecule has 18 heavy (non-hydrogen) atoms. The van der Waals surface area contributed by atoms with Gasteiger partial charge in [-0.15, -0.1) is 0 Å². The van der Waals surface area contributed by atoms with Gasteiger partial charge < -0.3 is 14.9 Å². The summed E-state index contributed by atoms with van der Waals surface area (Å²) in [5, 5.41) is 20.9. The van der Waals surface area contributed by atoms with Crippen molar-refractivity contribution in [2.45, 2.75) is 12.5 Å². The Kier molecular flexibility index (Phi) is 3.48. The predicted molar refractivity (Wildman–Crippen MR) is 67.3 cm³/mol. The second kappa shape index (κ2) is 5.06. The molecule has 0 aliphatic heterocycles. The van der Waals surface area contributed by atoms with Crippen LogP contribution in [0, 0.1) is 0 Å². The molecule has 1 atom stereocenters. The van der Waals surface area contributed by atoms with Crippen LogP contribution in [0.25, 0.3) is 10.8 Å². The Balaban J connectivity index is 2.40. The van der Waals surface area contributed by atoms with Gasteiger partial charge in [-0.25, -0.2) is 4.79 Å². The van der Waals surface area contributed by atoms with Gasteiger partial charge in [-0.1, -0.05) is 30.3 Å². The van der Waals surface area contributed by atoms with Crippen molar-refractivity contribution in [2.24, 2.45) is 0 Å². The smallest absolute Gasteiger partial charge is 0.335 e. The van der Waals surface area contributed by atoms with Crippen LogP contribution in [-0.4, -0.2) is 29.4 Å². The highest BCUT2D eigenvalue weighted by atomic mass is 16.5. The maximum absolute atomic E-state index is 11.2. The number of hydrogen-bond acceptors (Lipinski definition) is 4.